The van der Waals surface area contributed by atoms with Gasteiger partial charge in [-0.3, -0.25) is 4.79 Å². The molecular formula is C16H19NO. The predicted octanol–water partition coefficient (Wildman–Crippen LogP) is 3.41. The SMILES string of the molecule is CC(C)N[C@@H](C)C(=O)c1cccc2ccccc12. The van der Waals surface area contributed by atoms with Crippen LogP contribution in [0.1, 0.15) is 31.1 Å². The van der Waals surface area contributed by atoms with Crippen LogP contribution in [0.2, 0.25) is 0 Å². The van der Waals surface area contributed by atoms with Gasteiger partial charge in [0.1, 0.15) is 0 Å². The quantitative estimate of drug-likeness (QED) is 0.831. The van der Waals surface area contributed by atoms with Gasteiger partial charge in [0.05, 0.1) is 6.04 Å². The van der Waals surface area contributed by atoms with Crippen LogP contribution in [0.3, 0.4) is 0 Å². The van der Waals surface area contributed by atoms with E-state index in [1.807, 2.05) is 63.2 Å². The molecule has 0 saturated heterocycles. The zero-order valence-corrected chi connectivity index (χ0v) is 11.1. The highest BCUT2D eigenvalue weighted by atomic mass is 16.1. The summed E-state index contributed by atoms with van der Waals surface area (Å²) in [7, 11) is 0. The molecule has 0 amide bonds. The summed E-state index contributed by atoms with van der Waals surface area (Å²) in [6, 6.07) is 14.0. The Kier molecular flexibility index (Phi) is 3.78. The molecule has 2 rings (SSSR count). The van der Waals surface area contributed by atoms with Crippen LogP contribution in [-0.2, 0) is 0 Å². The number of hydrogen-bond donors (Lipinski definition) is 1. The fourth-order valence-electron chi connectivity index (χ4n) is 2.25. The van der Waals surface area contributed by atoms with E-state index in [9.17, 15) is 4.79 Å². The highest BCUT2D eigenvalue weighted by molar-refractivity contribution is 6.10. The van der Waals surface area contributed by atoms with Gasteiger partial charge >= 0.3 is 0 Å². The lowest BCUT2D eigenvalue weighted by Crippen LogP contribution is -2.38. The number of ketones is 1. The van der Waals surface area contributed by atoms with E-state index < -0.39 is 0 Å². The number of rotatable bonds is 4. The summed E-state index contributed by atoms with van der Waals surface area (Å²) in [4.78, 5) is 12.4. The first-order valence-corrected chi connectivity index (χ1v) is 6.37. The number of fused-ring (bicyclic) bond motifs is 1. The lowest BCUT2D eigenvalue weighted by atomic mass is 9.98. The minimum Gasteiger partial charge on any atom is -0.305 e. The first-order chi connectivity index (χ1) is 8.59. The van der Waals surface area contributed by atoms with Crippen molar-refractivity contribution in [2.24, 2.45) is 0 Å². The Balaban J connectivity index is 2.39. The highest BCUT2D eigenvalue weighted by Crippen LogP contribution is 2.19. The minimum absolute atomic E-state index is 0.153. The van der Waals surface area contributed by atoms with Gasteiger partial charge in [-0.05, 0) is 17.7 Å². The largest absolute Gasteiger partial charge is 0.305 e. The summed E-state index contributed by atoms with van der Waals surface area (Å²) in [5, 5.41) is 5.40. The van der Waals surface area contributed by atoms with Crippen molar-refractivity contribution in [3.05, 3.63) is 48.0 Å². The Labute approximate surface area is 108 Å². The Morgan fingerprint density at radius 3 is 2.39 bits per heavy atom. The number of carbonyl (C=O) groups is 1. The van der Waals surface area contributed by atoms with Crippen molar-refractivity contribution in [2.75, 3.05) is 0 Å². The van der Waals surface area contributed by atoms with Crippen molar-refractivity contribution in [1.29, 1.82) is 0 Å². The second kappa shape index (κ2) is 5.32. The fourth-order valence-corrected chi connectivity index (χ4v) is 2.25. The van der Waals surface area contributed by atoms with E-state index in [4.69, 9.17) is 0 Å². The number of Topliss-reactive ketones (excluding diaryl/α,β-unsaturated/α-hetero) is 1. The standard InChI is InChI=1S/C16H19NO/c1-11(2)17-12(3)16(18)15-10-6-8-13-7-4-5-9-14(13)15/h4-12,17H,1-3H3/t12-/m0/s1. The molecule has 1 atom stereocenters. The van der Waals surface area contributed by atoms with Gasteiger partial charge in [-0.25, -0.2) is 0 Å². The van der Waals surface area contributed by atoms with Crippen LogP contribution in [0.25, 0.3) is 10.8 Å². The molecule has 2 aromatic rings. The van der Waals surface area contributed by atoms with E-state index in [-0.39, 0.29) is 11.8 Å². The van der Waals surface area contributed by atoms with Crippen molar-refractivity contribution >= 4 is 16.6 Å². The molecule has 0 saturated carbocycles. The van der Waals surface area contributed by atoms with Gasteiger partial charge in [-0.15, -0.1) is 0 Å². The molecule has 2 heteroatoms. The van der Waals surface area contributed by atoms with Crippen molar-refractivity contribution in [2.45, 2.75) is 32.9 Å². The van der Waals surface area contributed by atoms with Gasteiger partial charge in [0.15, 0.2) is 5.78 Å². The third-order valence-electron chi connectivity index (χ3n) is 3.03. The Hall–Kier alpha value is -1.67. The van der Waals surface area contributed by atoms with Crippen LogP contribution in [0.5, 0.6) is 0 Å². The lowest BCUT2D eigenvalue weighted by molar-refractivity contribution is 0.0948. The van der Waals surface area contributed by atoms with Crippen LogP contribution in [0, 0.1) is 0 Å². The summed E-state index contributed by atoms with van der Waals surface area (Å²) in [5.41, 5.74) is 0.800. The second-order valence-electron chi connectivity index (χ2n) is 4.93. The second-order valence-corrected chi connectivity index (χ2v) is 4.93. The average molecular weight is 241 g/mol. The number of nitrogens with one attached hydrogen (secondary N) is 1. The molecule has 0 bridgehead atoms. The Morgan fingerprint density at radius 2 is 1.67 bits per heavy atom. The topological polar surface area (TPSA) is 29.1 Å². The maximum Gasteiger partial charge on any atom is 0.180 e. The number of carbonyl (C=O) groups excluding carboxylic acids is 1. The van der Waals surface area contributed by atoms with Gasteiger partial charge in [0, 0.05) is 11.6 Å². The van der Waals surface area contributed by atoms with Gasteiger partial charge in [-0.1, -0.05) is 56.3 Å². The summed E-state index contributed by atoms with van der Waals surface area (Å²) < 4.78 is 0. The molecule has 0 unspecified atom stereocenters. The van der Waals surface area contributed by atoms with E-state index in [1.54, 1.807) is 0 Å². The summed E-state index contributed by atoms with van der Waals surface area (Å²) in [6.45, 7) is 6.02. The molecule has 94 valence electrons. The normalized spacial score (nSPS) is 12.9. The molecule has 0 radical (unpaired) electrons. The van der Waals surface area contributed by atoms with Gasteiger partial charge in [0.25, 0.3) is 0 Å². The molecule has 0 aliphatic heterocycles. The molecule has 0 aliphatic rings. The van der Waals surface area contributed by atoms with Crippen LogP contribution >= 0.6 is 0 Å². The van der Waals surface area contributed by atoms with Crippen LogP contribution in [0.4, 0.5) is 0 Å². The van der Waals surface area contributed by atoms with Crippen molar-refractivity contribution in [3.63, 3.8) is 0 Å². The first kappa shape index (κ1) is 12.8. The summed E-state index contributed by atoms with van der Waals surface area (Å²) >= 11 is 0. The minimum atomic E-state index is -0.157. The molecular weight excluding hydrogens is 222 g/mol. The Morgan fingerprint density at radius 1 is 1.00 bits per heavy atom. The number of hydrogen-bond acceptors (Lipinski definition) is 2. The Bertz CT molecular complexity index is 555. The summed E-state index contributed by atoms with van der Waals surface area (Å²) in [5.74, 6) is 0.153. The third kappa shape index (κ3) is 2.59. The van der Waals surface area contributed by atoms with E-state index in [1.165, 1.54) is 0 Å². The average Bonchev–Trinajstić information content (AvgIpc) is 2.36. The zero-order valence-electron chi connectivity index (χ0n) is 11.1. The molecule has 0 aliphatic carbocycles. The molecule has 0 spiro atoms. The summed E-state index contributed by atoms with van der Waals surface area (Å²) in [6.07, 6.45) is 0. The van der Waals surface area contributed by atoms with Crippen molar-refractivity contribution < 1.29 is 4.79 Å². The maximum atomic E-state index is 12.4. The highest BCUT2D eigenvalue weighted by Gasteiger charge is 2.17. The zero-order chi connectivity index (χ0) is 13.1. The maximum absolute atomic E-state index is 12.4. The van der Waals surface area contributed by atoms with E-state index >= 15 is 0 Å². The molecule has 0 fully saturated rings. The molecule has 1 N–H and O–H groups in total. The van der Waals surface area contributed by atoms with Crippen LogP contribution in [0.15, 0.2) is 42.5 Å². The smallest absolute Gasteiger partial charge is 0.180 e. The molecule has 2 aromatic carbocycles. The van der Waals surface area contributed by atoms with Crippen molar-refractivity contribution in [1.82, 2.24) is 5.32 Å². The lowest BCUT2D eigenvalue weighted by Gasteiger charge is -2.16. The molecule has 0 aromatic heterocycles. The van der Waals surface area contributed by atoms with Crippen LogP contribution < -0.4 is 5.32 Å². The first-order valence-electron chi connectivity index (χ1n) is 6.37. The predicted molar refractivity (Wildman–Crippen MR) is 76.0 cm³/mol. The molecule has 0 heterocycles. The number of benzene rings is 2. The van der Waals surface area contributed by atoms with E-state index in [0.717, 1.165) is 16.3 Å². The monoisotopic (exact) mass is 241 g/mol. The van der Waals surface area contributed by atoms with Crippen LogP contribution in [-0.4, -0.2) is 17.9 Å². The van der Waals surface area contributed by atoms with E-state index in [0.29, 0.717) is 6.04 Å². The fraction of sp³-hybridized carbons (Fsp3) is 0.312. The van der Waals surface area contributed by atoms with Gasteiger partial charge in [0.2, 0.25) is 0 Å². The van der Waals surface area contributed by atoms with E-state index in [2.05, 4.69) is 5.32 Å². The third-order valence-corrected chi connectivity index (χ3v) is 3.03. The molecule has 18 heavy (non-hydrogen) atoms. The van der Waals surface area contributed by atoms with Gasteiger partial charge in [-0.2, -0.15) is 0 Å². The molecule has 2 nitrogen and oxygen atoms in total. The van der Waals surface area contributed by atoms with Gasteiger partial charge < -0.3 is 5.32 Å². The van der Waals surface area contributed by atoms with Crippen molar-refractivity contribution in [3.8, 4) is 0 Å².